The molecule has 0 aromatic heterocycles. The SMILES string of the molecule is O=S(Oc1ccccc1)S(=O)(=O)c1ccc(C2CCCCC2)cc1. The number of hydrogen-bond acceptors (Lipinski definition) is 4. The number of rotatable bonds is 5. The molecule has 0 saturated heterocycles. The highest BCUT2D eigenvalue weighted by atomic mass is 33.2. The first-order chi connectivity index (χ1) is 11.6. The normalized spacial score (nSPS) is 17.3. The Kier molecular flexibility index (Phi) is 5.36. The van der Waals surface area contributed by atoms with Gasteiger partial charge in [0.1, 0.15) is 5.75 Å². The van der Waals surface area contributed by atoms with Crippen molar-refractivity contribution in [2.75, 3.05) is 0 Å². The first kappa shape index (κ1) is 17.2. The lowest BCUT2D eigenvalue weighted by Crippen LogP contribution is -2.14. The van der Waals surface area contributed by atoms with Crippen LogP contribution in [0.25, 0.3) is 0 Å². The molecule has 0 aliphatic heterocycles. The maximum atomic E-state index is 12.4. The van der Waals surface area contributed by atoms with E-state index in [1.807, 2.05) is 12.1 Å². The quantitative estimate of drug-likeness (QED) is 0.747. The third-order valence-corrected chi connectivity index (χ3v) is 7.72. The lowest BCUT2D eigenvalue weighted by molar-refractivity contribution is 0.443. The summed E-state index contributed by atoms with van der Waals surface area (Å²) in [6.07, 6.45) is 6.02. The maximum absolute atomic E-state index is 12.4. The van der Waals surface area contributed by atoms with E-state index in [0.29, 0.717) is 5.92 Å². The van der Waals surface area contributed by atoms with Gasteiger partial charge in [0.2, 0.25) is 0 Å². The molecule has 0 N–H and O–H groups in total. The summed E-state index contributed by atoms with van der Waals surface area (Å²) in [5, 5.41) is 0. The Balaban J connectivity index is 1.75. The van der Waals surface area contributed by atoms with E-state index in [2.05, 4.69) is 0 Å². The summed E-state index contributed by atoms with van der Waals surface area (Å²) in [6.45, 7) is 0. The monoisotopic (exact) mass is 364 g/mol. The van der Waals surface area contributed by atoms with E-state index < -0.39 is 19.0 Å². The van der Waals surface area contributed by atoms with Crippen LogP contribution in [0.15, 0.2) is 59.5 Å². The van der Waals surface area contributed by atoms with Crippen molar-refractivity contribution in [3.05, 3.63) is 60.2 Å². The smallest absolute Gasteiger partial charge is 0.334 e. The second-order valence-corrected chi connectivity index (χ2v) is 10.0. The standard InChI is InChI=1S/C18H20O4S2/c19-23(22-17-9-5-2-6-10-17)24(20,21)18-13-11-16(12-14-18)15-7-3-1-4-8-15/h2,5-6,9-15H,1,3-4,7-8H2. The lowest BCUT2D eigenvalue weighted by atomic mass is 9.84. The molecule has 128 valence electrons. The van der Waals surface area contributed by atoms with Crippen LogP contribution in [0.2, 0.25) is 0 Å². The molecule has 1 aliphatic carbocycles. The molecule has 0 radical (unpaired) electrons. The molecule has 0 heterocycles. The first-order valence-electron chi connectivity index (χ1n) is 8.08. The van der Waals surface area contributed by atoms with Crippen molar-refractivity contribution < 1.29 is 16.8 Å². The first-order valence-corrected chi connectivity index (χ1v) is 11.2. The van der Waals surface area contributed by atoms with E-state index >= 15 is 0 Å². The van der Waals surface area contributed by atoms with Crippen LogP contribution in [0.1, 0.15) is 43.6 Å². The number of para-hydroxylation sites is 1. The van der Waals surface area contributed by atoms with E-state index in [4.69, 9.17) is 4.18 Å². The van der Waals surface area contributed by atoms with Gasteiger partial charge in [0, 0.05) is 0 Å². The number of hydrogen-bond donors (Lipinski definition) is 0. The van der Waals surface area contributed by atoms with Crippen LogP contribution in [-0.4, -0.2) is 12.6 Å². The van der Waals surface area contributed by atoms with E-state index in [-0.39, 0.29) is 10.6 Å². The molecular weight excluding hydrogens is 344 g/mol. The summed E-state index contributed by atoms with van der Waals surface area (Å²) in [7, 11) is -6.51. The molecule has 0 bridgehead atoms. The second kappa shape index (κ2) is 7.49. The van der Waals surface area contributed by atoms with E-state index in [9.17, 15) is 12.6 Å². The summed E-state index contributed by atoms with van der Waals surface area (Å²) in [4.78, 5) is 0.0244. The maximum Gasteiger partial charge on any atom is 0.334 e. The highest BCUT2D eigenvalue weighted by molar-refractivity contribution is 8.62. The lowest BCUT2D eigenvalue weighted by Gasteiger charge is -2.22. The number of benzene rings is 2. The Labute approximate surface area is 144 Å². The second-order valence-electron chi connectivity index (χ2n) is 5.96. The van der Waals surface area contributed by atoms with Crippen molar-refractivity contribution in [2.45, 2.75) is 42.9 Å². The molecule has 24 heavy (non-hydrogen) atoms. The summed E-state index contributed by atoms with van der Waals surface area (Å²) < 4.78 is 42.0. The van der Waals surface area contributed by atoms with Crippen molar-refractivity contribution in [2.24, 2.45) is 0 Å². The van der Waals surface area contributed by atoms with Gasteiger partial charge in [0.25, 0.3) is 8.87 Å². The van der Waals surface area contributed by atoms with Gasteiger partial charge in [-0.3, -0.25) is 0 Å². The van der Waals surface area contributed by atoms with Gasteiger partial charge in [0.05, 0.1) is 4.90 Å². The Morgan fingerprint density at radius 3 is 2.12 bits per heavy atom. The van der Waals surface area contributed by atoms with Crippen LogP contribution < -0.4 is 4.18 Å². The Bertz CT molecular complexity index is 793. The highest BCUT2D eigenvalue weighted by Gasteiger charge is 2.26. The minimum absolute atomic E-state index is 0.0244. The zero-order chi connectivity index (χ0) is 17.0. The van der Waals surface area contributed by atoms with Crippen LogP contribution in [0.3, 0.4) is 0 Å². The summed E-state index contributed by atoms with van der Waals surface area (Å²) in [5.41, 5.74) is 1.16. The topological polar surface area (TPSA) is 60.4 Å². The summed E-state index contributed by atoms with van der Waals surface area (Å²) in [5.74, 6) is 0.764. The highest BCUT2D eigenvalue weighted by Crippen LogP contribution is 2.33. The van der Waals surface area contributed by atoms with Crippen LogP contribution in [0.5, 0.6) is 5.75 Å². The van der Waals surface area contributed by atoms with Crippen LogP contribution in [-0.2, 0) is 19.0 Å². The van der Waals surface area contributed by atoms with Gasteiger partial charge >= 0.3 is 10.1 Å². The summed E-state index contributed by atoms with van der Waals surface area (Å²) in [6, 6.07) is 15.0. The van der Waals surface area contributed by atoms with Gasteiger partial charge in [-0.15, -0.1) is 0 Å². The Morgan fingerprint density at radius 2 is 1.50 bits per heavy atom. The predicted molar refractivity (Wildman–Crippen MR) is 94.7 cm³/mol. The zero-order valence-corrected chi connectivity index (χ0v) is 14.9. The Morgan fingerprint density at radius 1 is 0.875 bits per heavy atom. The third-order valence-electron chi connectivity index (χ3n) is 4.33. The minimum Gasteiger partial charge on any atom is -0.389 e. The van der Waals surface area contributed by atoms with Crippen molar-refractivity contribution in [3.8, 4) is 5.75 Å². The van der Waals surface area contributed by atoms with Gasteiger partial charge in [-0.25, -0.2) is 8.42 Å². The fraction of sp³-hybridized carbons (Fsp3) is 0.333. The third kappa shape index (κ3) is 3.87. The molecular formula is C18H20O4S2. The molecule has 1 saturated carbocycles. The van der Waals surface area contributed by atoms with Gasteiger partial charge < -0.3 is 4.18 Å². The zero-order valence-electron chi connectivity index (χ0n) is 13.3. The van der Waals surface area contributed by atoms with Crippen molar-refractivity contribution >= 4 is 19.0 Å². The molecule has 0 amide bonds. The average Bonchev–Trinajstić information content (AvgIpc) is 2.63. The Hall–Kier alpha value is -1.66. The summed E-state index contributed by atoms with van der Waals surface area (Å²) >= 11 is 0. The molecule has 1 unspecified atom stereocenters. The van der Waals surface area contributed by atoms with E-state index in [1.54, 1.807) is 30.3 Å². The molecule has 1 fully saturated rings. The van der Waals surface area contributed by atoms with Crippen molar-refractivity contribution in [1.29, 1.82) is 0 Å². The molecule has 2 aromatic carbocycles. The molecule has 3 rings (SSSR count). The van der Waals surface area contributed by atoms with Gasteiger partial charge in [-0.05, 0) is 48.6 Å². The largest absolute Gasteiger partial charge is 0.389 e. The van der Waals surface area contributed by atoms with E-state index in [0.717, 1.165) is 18.4 Å². The fourth-order valence-electron chi connectivity index (χ4n) is 3.02. The van der Waals surface area contributed by atoms with Gasteiger partial charge in [-0.2, -0.15) is 4.21 Å². The predicted octanol–water partition coefficient (Wildman–Crippen LogP) is 4.17. The van der Waals surface area contributed by atoms with Crippen molar-refractivity contribution in [3.63, 3.8) is 0 Å². The van der Waals surface area contributed by atoms with Crippen molar-refractivity contribution in [1.82, 2.24) is 0 Å². The van der Waals surface area contributed by atoms with Crippen LogP contribution in [0, 0.1) is 0 Å². The molecule has 1 aliphatic rings. The van der Waals surface area contributed by atoms with E-state index in [1.165, 1.54) is 31.4 Å². The molecule has 6 heteroatoms. The molecule has 2 aromatic rings. The van der Waals surface area contributed by atoms with Crippen LogP contribution >= 0.6 is 0 Å². The molecule has 0 spiro atoms. The van der Waals surface area contributed by atoms with Crippen LogP contribution in [0.4, 0.5) is 0 Å². The van der Waals surface area contributed by atoms with Gasteiger partial charge in [0.15, 0.2) is 0 Å². The minimum atomic E-state index is -4.03. The van der Waals surface area contributed by atoms with Gasteiger partial charge in [-0.1, -0.05) is 49.6 Å². The fourth-order valence-corrected chi connectivity index (χ4v) is 5.31. The molecule has 1 atom stereocenters. The average molecular weight is 364 g/mol. The molecule has 4 nitrogen and oxygen atoms in total.